The van der Waals surface area contributed by atoms with Gasteiger partial charge in [0.05, 0.1) is 0 Å². The molecule has 6 heteroatoms. The van der Waals surface area contributed by atoms with Crippen LogP contribution in [0.15, 0.2) is 10.6 Å². The highest BCUT2D eigenvalue weighted by molar-refractivity contribution is 5.92. The zero-order chi connectivity index (χ0) is 15.6. The number of hydrogen-bond acceptors (Lipinski definition) is 4. The molecule has 1 aromatic rings. The number of rotatable bonds is 1. The molecule has 2 amide bonds. The van der Waals surface area contributed by atoms with E-state index >= 15 is 0 Å². The van der Waals surface area contributed by atoms with E-state index < -0.39 is 0 Å². The van der Waals surface area contributed by atoms with Gasteiger partial charge in [0.1, 0.15) is 5.76 Å². The second kappa shape index (κ2) is 5.87. The van der Waals surface area contributed by atoms with E-state index in [1.807, 2.05) is 25.7 Å². The first kappa shape index (κ1) is 15.5. The molecule has 1 aliphatic rings. The molecule has 1 aliphatic heterocycles. The Hall–Kier alpha value is -1.85. The first-order chi connectivity index (χ1) is 9.79. The molecule has 21 heavy (non-hydrogen) atoms. The molecule has 0 aliphatic carbocycles. The lowest BCUT2D eigenvalue weighted by Crippen LogP contribution is -2.42. The quantitative estimate of drug-likeness (QED) is 0.790. The van der Waals surface area contributed by atoms with E-state index in [0.29, 0.717) is 37.6 Å². The molecule has 1 aromatic heterocycles. The Balaban J connectivity index is 2.01. The minimum atomic E-state index is -0.387. The molecular formula is C15H23N3O3. The molecular weight excluding hydrogens is 270 g/mol. The van der Waals surface area contributed by atoms with E-state index in [1.54, 1.807) is 17.9 Å². The van der Waals surface area contributed by atoms with Crippen LogP contribution in [-0.4, -0.2) is 52.9 Å². The molecule has 0 aromatic carbocycles. The van der Waals surface area contributed by atoms with Gasteiger partial charge in [-0.3, -0.25) is 9.59 Å². The molecule has 0 N–H and O–H groups in total. The summed E-state index contributed by atoms with van der Waals surface area (Å²) < 4.78 is 4.95. The van der Waals surface area contributed by atoms with Crippen LogP contribution in [0.1, 0.15) is 43.4 Å². The van der Waals surface area contributed by atoms with E-state index in [4.69, 9.17) is 4.52 Å². The number of hydrogen-bond donors (Lipinski definition) is 0. The molecule has 0 saturated carbocycles. The average Bonchev–Trinajstić information content (AvgIpc) is 2.71. The van der Waals surface area contributed by atoms with Crippen molar-refractivity contribution in [1.82, 2.24) is 15.0 Å². The Kier molecular flexibility index (Phi) is 4.34. The fourth-order valence-corrected chi connectivity index (χ4v) is 2.43. The normalized spacial score (nSPS) is 16.8. The van der Waals surface area contributed by atoms with Crippen molar-refractivity contribution in [2.24, 2.45) is 5.41 Å². The number of carbonyl (C=O) groups is 2. The van der Waals surface area contributed by atoms with E-state index in [0.717, 1.165) is 6.42 Å². The molecule has 1 fully saturated rings. The second-order valence-electron chi connectivity index (χ2n) is 6.51. The molecule has 0 atom stereocenters. The highest BCUT2D eigenvalue weighted by Crippen LogP contribution is 2.19. The number of aryl methyl sites for hydroxylation is 1. The molecule has 2 heterocycles. The summed E-state index contributed by atoms with van der Waals surface area (Å²) in [6.07, 6.45) is 0.782. The van der Waals surface area contributed by atoms with Crippen LogP contribution in [0.2, 0.25) is 0 Å². The maximum Gasteiger partial charge on any atom is 0.276 e. The largest absolute Gasteiger partial charge is 0.361 e. The number of aromatic nitrogens is 1. The highest BCUT2D eigenvalue weighted by Gasteiger charge is 2.30. The lowest BCUT2D eigenvalue weighted by atomic mass is 9.94. The SMILES string of the molecule is Cc1cc(C(=O)N2CCCN(C(=O)C(C)(C)C)CC2)no1. The lowest BCUT2D eigenvalue weighted by molar-refractivity contribution is -0.139. The summed E-state index contributed by atoms with van der Waals surface area (Å²) in [6.45, 7) is 9.95. The van der Waals surface area contributed by atoms with Crippen LogP contribution in [0.3, 0.4) is 0 Å². The molecule has 0 bridgehead atoms. The van der Waals surface area contributed by atoms with Crippen LogP contribution in [0.25, 0.3) is 0 Å². The summed E-state index contributed by atoms with van der Waals surface area (Å²) >= 11 is 0. The third-order valence-electron chi connectivity index (χ3n) is 3.56. The summed E-state index contributed by atoms with van der Waals surface area (Å²) in [7, 11) is 0. The molecule has 0 radical (unpaired) electrons. The van der Waals surface area contributed by atoms with Crippen molar-refractivity contribution in [1.29, 1.82) is 0 Å². The van der Waals surface area contributed by atoms with Crippen molar-refractivity contribution in [3.63, 3.8) is 0 Å². The van der Waals surface area contributed by atoms with Gasteiger partial charge >= 0.3 is 0 Å². The predicted molar refractivity (Wildman–Crippen MR) is 77.8 cm³/mol. The number of nitrogens with zero attached hydrogens (tertiary/aromatic N) is 3. The van der Waals surface area contributed by atoms with E-state index in [9.17, 15) is 9.59 Å². The molecule has 2 rings (SSSR count). The van der Waals surface area contributed by atoms with Crippen LogP contribution < -0.4 is 0 Å². The van der Waals surface area contributed by atoms with Crippen LogP contribution >= 0.6 is 0 Å². The first-order valence-corrected chi connectivity index (χ1v) is 7.31. The Morgan fingerprint density at radius 1 is 1.14 bits per heavy atom. The van der Waals surface area contributed by atoms with Crippen LogP contribution in [0, 0.1) is 12.3 Å². The van der Waals surface area contributed by atoms with Gasteiger partial charge in [0.25, 0.3) is 5.91 Å². The average molecular weight is 293 g/mol. The predicted octanol–water partition coefficient (Wildman–Crippen LogP) is 1.70. The van der Waals surface area contributed by atoms with Gasteiger partial charge in [-0.15, -0.1) is 0 Å². The number of amides is 2. The summed E-state index contributed by atoms with van der Waals surface area (Å²) in [5, 5.41) is 3.77. The maximum atomic E-state index is 12.3. The Bertz CT molecular complexity index is 531. The summed E-state index contributed by atoms with van der Waals surface area (Å²) in [5.74, 6) is 0.628. The van der Waals surface area contributed by atoms with E-state index in [2.05, 4.69) is 5.16 Å². The van der Waals surface area contributed by atoms with Crippen molar-refractivity contribution < 1.29 is 14.1 Å². The standard InChI is InChI=1S/C15H23N3O3/c1-11-10-12(16-21-11)13(19)17-6-5-7-18(9-8-17)14(20)15(2,3)4/h10H,5-9H2,1-4H3. The van der Waals surface area contributed by atoms with Gasteiger partial charge in [0.15, 0.2) is 5.69 Å². The van der Waals surface area contributed by atoms with Crippen LogP contribution in [-0.2, 0) is 4.79 Å². The summed E-state index contributed by atoms with van der Waals surface area (Å²) in [4.78, 5) is 28.2. The molecule has 116 valence electrons. The zero-order valence-corrected chi connectivity index (χ0v) is 13.2. The van der Waals surface area contributed by atoms with Gasteiger partial charge in [-0.1, -0.05) is 25.9 Å². The Labute approximate surface area is 125 Å². The molecule has 1 saturated heterocycles. The van der Waals surface area contributed by atoms with Gasteiger partial charge in [-0.2, -0.15) is 0 Å². The second-order valence-corrected chi connectivity index (χ2v) is 6.51. The Morgan fingerprint density at radius 2 is 1.76 bits per heavy atom. The smallest absolute Gasteiger partial charge is 0.276 e. The minimum absolute atomic E-state index is 0.128. The molecule has 0 spiro atoms. The summed E-state index contributed by atoms with van der Waals surface area (Å²) in [5.41, 5.74) is -0.0503. The van der Waals surface area contributed by atoms with Crippen molar-refractivity contribution in [2.75, 3.05) is 26.2 Å². The lowest BCUT2D eigenvalue weighted by Gasteiger charge is -2.28. The summed E-state index contributed by atoms with van der Waals surface area (Å²) in [6, 6.07) is 1.64. The highest BCUT2D eigenvalue weighted by atomic mass is 16.5. The van der Waals surface area contributed by atoms with E-state index in [-0.39, 0.29) is 17.2 Å². The van der Waals surface area contributed by atoms with Crippen molar-refractivity contribution in [3.8, 4) is 0 Å². The first-order valence-electron chi connectivity index (χ1n) is 7.31. The van der Waals surface area contributed by atoms with Gasteiger partial charge < -0.3 is 14.3 Å². The fourth-order valence-electron chi connectivity index (χ4n) is 2.43. The topological polar surface area (TPSA) is 66.7 Å². The van der Waals surface area contributed by atoms with Crippen molar-refractivity contribution in [3.05, 3.63) is 17.5 Å². The fraction of sp³-hybridized carbons (Fsp3) is 0.667. The van der Waals surface area contributed by atoms with Gasteiger partial charge in [0.2, 0.25) is 5.91 Å². The van der Waals surface area contributed by atoms with Gasteiger partial charge in [-0.05, 0) is 13.3 Å². The monoisotopic (exact) mass is 293 g/mol. The van der Waals surface area contributed by atoms with E-state index in [1.165, 1.54) is 0 Å². The molecule has 6 nitrogen and oxygen atoms in total. The van der Waals surface area contributed by atoms with Crippen molar-refractivity contribution in [2.45, 2.75) is 34.1 Å². The molecule has 0 unspecified atom stereocenters. The van der Waals surface area contributed by atoms with Gasteiger partial charge in [-0.25, -0.2) is 0 Å². The maximum absolute atomic E-state index is 12.3. The Morgan fingerprint density at radius 3 is 2.33 bits per heavy atom. The third-order valence-corrected chi connectivity index (χ3v) is 3.56. The van der Waals surface area contributed by atoms with Gasteiger partial charge in [0, 0.05) is 37.7 Å². The van der Waals surface area contributed by atoms with Crippen LogP contribution in [0.5, 0.6) is 0 Å². The minimum Gasteiger partial charge on any atom is -0.361 e. The zero-order valence-electron chi connectivity index (χ0n) is 13.2. The van der Waals surface area contributed by atoms with Crippen LogP contribution in [0.4, 0.5) is 0 Å². The third kappa shape index (κ3) is 3.62. The number of carbonyl (C=O) groups excluding carboxylic acids is 2. The van der Waals surface area contributed by atoms with Crippen molar-refractivity contribution >= 4 is 11.8 Å².